The molecule has 6 aromatic carbocycles. The maximum absolute atomic E-state index is 14.4. The van der Waals surface area contributed by atoms with Gasteiger partial charge in [-0.05, 0) is 122 Å². The topological polar surface area (TPSA) is 289 Å². The first-order valence-corrected chi connectivity index (χ1v) is 30.2. The van der Waals surface area contributed by atoms with Crippen LogP contribution in [-0.2, 0) is 41.9 Å². The summed E-state index contributed by atoms with van der Waals surface area (Å²) in [4.78, 5) is 133. The fourth-order valence-corrected chi connectivity index (χ4v) is 10.4. The van der Waals surface area contributed by atoms with Crippen molar-refractivity contribution in [2.75, 3.05) is 47.6 Å². The van der Waals surface area contributed by atoms with E-state index in [2.05, 4.69) is 21.3 Å². The number of halogens is 6. The average molecular weight is 1370 g/mol. The molecule has 4 heterocycles. The van der Waals surface area contributed by atoms with Crippen molar-refractivity contribution < 1.29 is 93.2 Å². The second-order valence-corrected chi connectivity index (χ2v) is 22.1. The second-order valence-electron chi connectivity index (χ2n) is 22.1. The number of ether oxygens (including phenoxy) is 4. The second kappa shape index (κ2) is 30.5. The quantitative estimate of drug-likeness (QED) is 0.0134. The number of ketones is 2. The lowest BCUT2D eigenvalue weighted by Crippen LogP contribution is -2.38. The number of benzene rings is 6. The normalized spacial score (nSPS) is 11.2. The Morgan fingerprint density at radius 3 is 1.17 bits per heavy atom. The first-order chi connectivity index (χ1) is 47.8. The monoisotopic (exact) mass is 1370 g/mol. The first-order valence-electron chi connectivity index (χ1n) is 30.2. The van der Waals surface area contributed by atoms with Crippen molar-refractivity contribution >= 4 is 93.0 Å². The fraction of sp³-hybridized carbons (Fsp3) is 0.139. The summed E-state index contributed by atoms with van der Waals surface area (Å²) in [6, 6.07) is 44.4. The number of aromatic nitrogens is 2. The van der Waals surface area contributed by atoms with Gasteiger partial charge in [0.05, 0.1) is 44.7 Å². The van der Waals surface area contributed by atoms with Crippen molar-refractivity contribution in [1.29, 1.82) is 0 Å². The fourth-order valence-electron chi connectivity index (χ4n) is 10.4. The maximum Gasteiger partial charge on any atom is 0.471 e. The molecule has 6 N–H and O–H groups in total. The van der Waals surface area contributed by atoms with Crippen molar-refractivity contribution in [2.24, 2.45) is 0 Å². The zero-order valence-electron chi connectivity index (χ0n) is 52.6. The van der Waals surface area contributed by atoms with Gasteiger partial charge in [0.2, 0.25) is 0 Å². The summed E-state index contributed by atoms with van der Waals surface area (Å²) in [5, 5.41) is 14.2. The Bertz CT molecular complexity index is 4560. The lowest BCUT2D eigenvalue weighted by molar-refractivity contribution is -0.167. The van der Waals surface area contributed by atoms with Crippen molar-refractivity contribution in [3.05, 3.63) is 261 Å². The summed E-state index contributed by atoms with van der Waals surface area (Å²) in [6.07, 6.45) is -7.47. The molecule has 6 amide bonds. The van der Waals surface area contributed by atoms with Gasteiger partial charge in [0, 0.05) is 58.9 Å². The summed E-state index contributed by atoms with van der Waals surface area (Å²) in [5.74, 6) is -10.3. The number of fused-ring (bicyclic) bond motifs is 2. The number of esters is 2. The van der Waals surface area contributed by atoms with Crippen LogP contribution >= 0.6 is 0 Å². The zero-order valence-corrected chi connectivity index (χ0v) is 52.6. The Labute approximate surface area is 563 Å². The van der Waals surface area contributed by atoms with Crippen LogP contribution in [0.5, 0.6) is 11.5 Å². The maximum atomic E-state index is 14.4. The summed E-state index contributed by atoms with van der Waals surface area (Å²) in [7, 11) is 0. The molecule has 10 aromatic rings. The largest absolute Gasteiger partial charge is 0.484 e. The van der Waals surface area contributed by atoms with Gasteiger partial charge in [0.25, 0.3) is 23.6 Å². The van der Waals surface area contributed by atoms with E-state index in [1.807, 2.05) is 0 Å². The predicted octanol–water partition coefficient (Wildman–Crippen LogP) is 11.2. The van der Waals surface area contributed by atoms with E-state index in [-0.39, 0.29) is 93.9 Å². The van der Waals surface area contributed by atoms with Crippen LogP contribution in [0.25, 0.3) is 11.0 Å². The third kappa shape index (κ3) is 16.7. The summed E-state index contributed by atoms with van der Waals surface area (Å²) in [6.45, 7) is 1.45. The number of alkyl halides is 6. The third-order valence-corrected chi connectivity index (χ3v) is 15.2. The first kappa shape index (κ1) is 69.9. The van der Waals surface area contributed by atoms with Crippen LogP contribution in [0.1, 0.15) is 95.5 Å². The number of amides is 6. The molecule has 0 saturated carbocycles. The molecule has 0 bridgehead atoms. The molecule has 0 spiro atoms. The highest BCUT2D eigenvalue weighted by molar-refractivity contribution is 6.19. The predicted molar refractivity (Wildman–Crippen MR) is 350 cm³/mol. The molecular weight excluding hydrogens is 1310 g/mol. The van der Waals surface area contributed by atoms with Crippen LogP contribution in [0.4, 0.5) is 49.4 Å². The van der Waals surface area contributed by atoms with E-state index in [0.717, 1.165) is 36.4 Å². The Hall–Kier alpha value is -12.9. The van der Waals surface area contributed by atoms with Gasteiger partial charge in [0.15, 0.2) is 24.8 Å². The van der Waals surface area contributed by atoms with Gasteiger partial charge in [-0.1, -0.05) is 84.9 Å². The Kier molecular flexibility index (Phi) is 21.3. The number of rotatable bonds is 25. The Morgan fingerprint density at radius 1 is 0.410 bits per heavy atom. The van der Waals surface area contributed by atoms with E-state index < -0.39 is 107 Å². The Balaban J connectivity index is 0.711. The van der Waals surface area contributed by atoms with Crippen molar-refractivity contribution in [2.45, 2.75) is 39.4 Å². The molecule has 0 aliphatic carbocycles. The van der Waals surface area contributed by atoms with Crippen LogP contribution in [0.3, 0.4) is 0 Å². The molecule has 4 aromatic heterocycles. The van der Waals surface area contributed by atoms with Crippen LogP contribution < -0.4 is 41.4 Å². The van der Waals surface area contributed by atoms with Crippen LogP contribution in [0.2, 0.25) is 0 Å². The summed E-state index contributed by atoms with van der Waals surface area (Å²) in [5.41, 5.74) is 0.0230. The highest BCUT2D eigenvalue weighted by Crippen LogP contribution is 2.35. The summed E-state index contributed by atoms with van der Waals surface area (Å²) < 4.78 is 105. The molecule has 10 rings (SSSR count). The van der Waals surface area contributed by atoms with Gasteiger partial charge < -0.3 is 59.6 Å². The van der Waals surface area contributed by atoms with Gasteiger partial charge in [-0.15, -0.1) is 0 Å². The molecule has 0 fully saturated rings. The molecule has 0 aliphatic heterocycles. The van der Waals surface area contributed by atoms with E-state index in [1.165, 1.54) is 57.3 Å². The molecule has 0 radical (unpaired) electrons. The van der Waals surface area contributed by atoms with Gasteiger partial charge >= 0.3 is 36.1 Å². The minimum absolute atomic E-state index is 0.0433. The minimum atomic E-state index is -5.31. The van der Waals surface area contributed by atoms with E-state index in [4.69, 9.17) is 18.9 Å². The number of hydrogen-bond donors (Lipinski definition) is 6. The molecule has 0 atom stereocenters. The number of nitrogens with zero attached hydrogens (tertiary/aromatic N) is 2. The molecule has 22 nitrogen and oxygen atoms in total. The SMILES string of the molecule is Cc1c(C(=O)c2ccc(NC(=O)C(F)(F)F)c(C(=O)OCc3ccccc3)c2)c2ccccn2c1NC(=O)c1cccc(OCC(=O)NCCNC(=O)COc2cccc(C(=O)Nc3c(C)c(C(=O)c4ccc(NC(=O)C(F)(F)F)c(C(=O)OCc5ccccc5)c4)c4ccccn34)c2)c1. The van der Waals surface area contributed by atoms with Crippen molar-refractivity contribution in [1.82, 2.24) is 19.4 Å². The number of anilines is 4. The number of carbonyl (C=O) groups is 10. The molecule has 0 aliphatic rings. The van der Waals surface area contributed by atoms with Gasteiger partial charge in [-0.25, -0.2) is 9.59 Å². The smallest absolute Gasteiger partial charge is 0.471 e. The third-order valence-electron chi connectivity index (χ3n) is 15.2. The van der Waals surface area contributed by atoms with Crippen LogP contribution in [0, 0.1) is 13.8 Å². The average Bonchev–Trinajstić information content (AvgIpc) is 1.60. The van der Waals surface area contributed by atoms with E-state index in [0.29, 0.717) is 22.2 Å². The number of nitrogens with one attached hydrogen (secondary N) is 6. The molecule has 0 unspecified atom stereocenters. The molecule has 510 valence electrons. The van der Waals surface area contributed by atoms with Crippen molar-refractivity contribution in [3.63, 3.8) is 0 Å². The number of pyridine rings is 2. The highest BCUT2D eigenvalue weighted by Gasteiger charge is 2.41. The molecular formula is C72H56F6N8O14. The van der Waals surface area contributed by atoms with E-state index in [9.17, 15) is 74.3 Å². The summed E-state index contributed by atoms with van der Waals surface area (Å²) >= 11 is 0. The molecule has 100 heavy (non-hydrogen) atoms. The molecule has 0 saturated heterocycles. The lowest BCUT2D eigenvalue weighted by atomic mass is 9.98. The standard InChI is InChI=1S/C72H56F6N8O14/c1-41-59(61(89)45-25-27-53(81-69(95)71(73,74)75)51(35-45)67(93)99-37-43-15-5-3-6-16-43)55-23-9-11-31-85(55)63(41)83-65(91)47-19-13-21-49(33-47)97-39-57(87)79-29-30-80-58(88)40-98-50-22-14-20-48(34-50)66(92)84-64-42(2)60(56-24-10-12-32-86(56)64)62(90)46-26-28-54(82-70(96)72(76,77)78)52(36-46)68(94)100-38-44-17-7-4-8-18-44/h3-28,31-36H,29-30,37-40H2,1-2H3,(H,79,87)(H,80,88)(H,81,95)(H,82,96)(H,83,91)(H,84,92). The zero-order chi connectivity index (χ0) is 71.4. The van der Waals surface area contributed by atoms with Gasteiger partial charge in [-0.2, -0.15) is 26.3 Å². The number of hydrogen-bond acceptors (Lipinski definition) is 14. The van der Waals surface area contributed by atoms with Crippen molar-refractivity contribution in [3.8, 4) is 11.5 Å². The highest BCUT2D eigenvalue weighted by atomic mass is 19.4. The van der Waals surface area contributed by atoms with E-state index in [1.54, 1.807) is 134 Å². The van der Waals surface area contributed by atoms with Crippen LogP contribution in [-0.4, -0.2) is 106 Å². The Morgan fingerprint density at radius 2 is 0.790 bits per heavy atom. The van der Waals surface area contributed by atoms with Gasteiger partial charge in [-0.3, -0.25) is 38.4 Å². The van der Waals surface area contributed by atoms with Crippen LogP contribution in [0.15, 0.2) is 194 Å². The number of carbonyl (C=O) groups excluding carboxylic acids is 10. The lowest BCUT2D eigenvalue weighted by Gasteiger charge is -2.14. The van der Waals surface area contributed by atoms with E-state index >= 15 is 0 Å². The molecule has 28 heteroatoms. The minimum Gasteiger partial charge on any atom is -0.484 e. The van der Waals surface area contributed by atoms with Gasteiger partial charge in [0.1, 0.15) is 36.3 Å².